The van der Waals surface area contributed by atoms with E-state index in [0.29, 0.717) is 13.0 Å². The minimum absolute atomic E-state index is 0.170. The standard InChI is InChI=1S/C18H34N8O7/c1-25(7-8-26(2)18(32)33-3)16(31)12(5-4-6-22-17(20)21)24-13(27)10-23-15(30)11(19)9-14(28)29/h11-12H,4-10,19H2,1-3H3,(H,23,30)(H,24,27)(H,28,29)(H4,20,21,22)/t11-,12-/m0/s1. The number of carboxylic acid groups (broad SMARTS) is 1. The summed E-state index contributed by atoms with van der Waals surface area (Å²) >= 11 is 0. The molecule has 0 saturated heterocycles. The first-order valence-corrected chi connectivity index (χ1v) is 10.0. The van der Waals surface area contributed by atoms with Crippen LogP contribution in [0.1, 0.15) is 19.3 Å². The van der Waals surface area contributed by atoms with E-state index in [1.54, 1.807) is 0 Å². The van der Waals surface area contributed by atoms with Crippen molar-refractivity contribution in [2.45, 2.75) is 31.3 Å². The predicted molar refractivity (Wildman–Crippen MR) is 117 cm³/mol. The van der Waals surface area contributed by atoms with Crippen molar-refractivity contribution in [3.63, 3.8) is 0 Å². The monoisotopic (exact) mass is 474 g/mol. The molecule has 0 aliphatic heterocycles. The van der Waals surface area contributed by atoms with Gasteiger partial charge in [0.2, 0.25) is 17.7 Å². The van der Waals surface area contributed by atoms with E-state index < -0.39 is 54.8 Å². The number of ether oxygens (including phenoxy) is 1. The Bertz CT molecular complexity index is 718. The van der Waals surface area contributed by atoms with Crippen molar-refractivity contribution in [1.82, 2.24) is 25.8 Å². The van der Waals surface area contributed by atoms with Gasteiger partial charge in [0.15, 0.2) is 5.96 Å². The number of amides is 4. The summed E-state index contributed by atoms with van der Waals surface area (Å²) in [5.41, 5.74) is 10.7. The van der Waals surface area contributed by atoms with Crippen LogP contribution in [0.15, 0.2) is 0 Å². The maximum atomic E-state index is 12.8. The molecule has 9 N–H and O–H groups in total. The molecule has 33 heavy (non-hydrogen) atoms. The van der Waals surface area contributed by atoms with E-state index in [2.05, 4.69) is 20.7 Å². The van der Waals surface area contributed by atoms with Gasteiger partial charge < -0.3 is 47.1 Å². The van der Waals surface area contributed by atoms with E-state index in [1.165, 1.54) is 31.0 Å². The SMILES string of the molecule is COC(=O)N(C)CCN(C)C(=O)[C@H](CCCNC(=N)N)NC(=O)CNC(=O)[C@@H](N)CC(=O)O. The van der Waals surface area contributed by atoms with E-state index in [0.717, 1.165) is 0 Å². The molecule has 0 aliphatic rings. The third-order valence-corrected chi connectivity index (χ3v) is 4.41. The summed E-state index contributed by atoms with van der Waals surface area (Å²) in [5, 5.41) is 23.2. The van der Waals surface area contributed by atoms with Gasteiger partial charge in [-0.05, 0) is 12.8 Å². The molecular formula is C18H34N8O7. The van der Waals surface area contributed by atoms with Crippen LogP contribution < -0.4 is 27.4 Å². The molecule has 0 rings (SSSR count). The summed E-state index contributed by atoms with van der Waals surface area (Å²) in [6.07, 6.45) is -0.563. The normalized spacial score (nSPS) is 12.0. The van der Waals surface area contributed by atoms with Crippen LogP contribution in [0.4, 0.5) is 4.79 Å². The smallest absolute Gasteiger partial charge is 0.409 e. The highest BCUT2D eigenvalue weighted by molar-refractivity contribution is 5.92. The Kier molecular flexibility index (Phi) is 13.6. The highest BCUT2D eigenvalue weighted by Gasteiger charge is 2.25. The molecule has 0 aliphatic carbocycles. The second-order valence-electron chi connectivity index (χ2n) is 7.18. The highest BCUT2D eigenvalue weighted by atomic mass is 16.5. The fraction of sp³-hybridized carbons (Fsp3) is 0.667. The number of rotatable bonds is 14. The lowest BCUT2D eigenvalue weighted by atomic mass is 10.1. The zero-order valence-electron chi connectivity index (χ0n) is 19.1. The van der Waals surface area contributed by atoms with Crippen LogP contribution >= 0.6 is 0 Å². The van der Waals surface area contributed by atoms with Crippen LogP contribution in [-0.2, 0) is 23.9 Å². The largest absolute Gasteiger partial charge is 0.481 e. The molecular weight excluding hydrogens is 440 g/mol. The van der Waals surface area contributed by atoms with E-state index in [4.69, 9.17) is 22.0 Å². The predicted octanol–water partition coefficient (Wildman–Crippen LogP) is -3.19. The number of likely N-dealkylation sites (N-methyl/N-ethyl adjacent to an activating group) is 2. The van der Waals surface area contributed by atoms with Crippen molar-refractivity contribution < 1.29 is 33.8 Å². The Morgan fingerprint density at radius 3 is 2.24 bits per heavy atom. The summed E-state index contributed by atoms with van der Waals surface area (Å²) in [4.78, 5) is 61.6. The van der Waals surface area contributed by atoms with Gasteiger partial charge in [0, 0.05) is 33.7 Å². The fourth-order valence-corrected chi connectivity index (χ4v) is 2.53. The van der Waals surface area contributed by atoms with Crippen LogP contribution in [0.5, 0.6) is 0 Å². The number of nitrogens with one attached hydrogen (secondary N) is 4. The molecule has 0 aromatic heterocycles. The van der Waals surface area contributed by atoms with E-state index in [-0.39, 0.29) is 25.5 Å². The molecule has 0 radical (unpaired) electrons. The third-order valence-electron chi connectivity index (χ3n) is 4.41. The van der Waals surface area contributed by atoms with Gasteiger partial charge in [-0.25, -0.2) is 4.79 Å². The molecule has 2 atom stereocenters. The summed E-state index contributed by atoms with van der Waals surface area (Å²) in [7, 11) is 4.25. The number of hydrogen-bond acceptors (Lipinski definition) is 8. The van der Waals surface area contributed by atoms with Crippen molar-refractivity contribution in [3.05, 3.63) is 0 Å². The first-order valence-electron chi connectivity index (χ1n) is 10.0. The van der Waals surface area contributed by atoms with Gasteiger partial charge >= 0.3 is 12.1 Å². The van der Waals surface area contributed by atoms with Gasteiger partial charge in [-0.2, -0.15) is 0 Å². The zero-order chi connectivity index (χ0) is 25.6. The second-order valence-corrected chi connectivity index (χ2v) is 7.18. The Hall–Kier alpha value is -3.62. The lowest BCUT2D eigenvalue weighted by Crippen LogP contribution is -2.52. The highest BCUT2D eigenvalue weighted by Crippen LogP contribution is 2.03. The number of aliphatic carboxylic acids is 1. The topological polar surface area (TPSA) is 233 Å². The number of methoxy groups -OCH3 is 1. The Labute approximate surface area is 191 Å². The number of carboxylic acids is 1. The van der Waals surface area contributed by atoms with Crippen LogP contribution in [0, 0.1) is 5.41 Å². The summed E-state index contributed by atoms with van der Waals surface area (Å²) in [6, 6.07) is -2.27. The molecule has 15 nitrogen and oxygen atoms in total. The lowest BCUT2D eigenvalue weighted by Gasteiger charge is -2.26. The molecule has 0 saturated carbocycles. The fourth-order valence-electron chi connectivity index (χ4n) is 2.53. The van der Waals surface area contributed by atoms with E-state index >= 15 is 0 Å². The van der Waals surface area contributed by atoms with Crippen molar-refractivity contribution in [1.29, 1.82) is 5.41 Å². The van der Waals surface area contributed by atoms with Crippen molar-refractivity contribution in [2.75, 3.05) is 47.4 Å². The quantitative estimate of drug-likeness (QED) is 0.0756. The number of nitrogens with two attached hydrogens (primary N) is 2. The van der Waals surface area contributed by atoms with E-state index in [9.17, 15) is 24.0 Å². The van der Waals surface area contributed by atoms with Gasteiger partial charge in [0.05, 0.1) is 26.1 Å². The van der Waals surface area contributed by atoms with Crippen LogP contribution in [0.25, 0.3) is 0 Å². The van der Waals surface area contributed by atoms with Gasteiger partial charge in [0.1, 0.15) is 6.04 Å². The summed E-state index contributed by atoms with van der Waals surface area (Å²) in [5.74, 6) is -3.41. The third kappa shape index (κ3) is 12.7. The van der Waals surface area contributed by atoms with Crippen molar-refractivity contribution in [2.24, 2.45) is 11.5 Å². The Balaban J connectivity index is 4.95. The zero-order valence-corrected chi connectivity index (χ0v) is 19.1. The molecule has 0 unspecified atom stereocenters. The average Bonchev–Trinajstić information content (AvgIpc) is 2.75. The minimum atomic E-state index is -1.32. The Morgan fingerprint density at radius 1 is 1.09 bits per heavy atom. The molecule has 0 heterocycles. The van der Waals surface area contributed by atoms with Crippen molar-refractivity contribution >= 4 is 35.7 Å². The van der Waals surface area contributed by atoms with E-state index in [1.807, 2.05) is 0 Å². The molecule has 4 amide bonds. The van der Waals surface area contributed by atoms with Gasteiger partial charge in [-0.15, -0.1) is 0 Å². The maximum Gasteiger partial charge on any atom is 0.409 e. The maximum absolute atomic E-state index is 12.8. The number of carbonyl (C=O) groups is 5. The molecule has 0 aromatic rings. The first kappa shape index (κ1) is 29.4. The van der Waals surface area contributed by atoms with Crippen LogP contribution in [0.3, 0.4) is 0 Å². The average molecular weight is 475 g/mol. The second kappa shape index (κ2) is 15.2. The number of hydrogen-bond donors (Lipinski definition) is 7. The lowest BCUT2D eigenvalue weighted by molar-refractivity contribution is -0.139. The molecule has 0 bridgehead atoms. The Morgan fingerprint density at radius 2 is 1.70 bits per heavy atom. The minimum Gasteiger partial charge on any atom is -0.481 e. The number of nitrogens with zero attached hydrogens (tertiary/aromatic N) is 2. The number of carbonyl (C=O) groups excluding carboxylic acids is 4. The van der Waals surface area contributed by atoms with Crippen molar-refractivity contribution in [3.8, 4) is 0 Å². The summed E-state index contributed by atoms with van der Waals surface area (Å²) < 4.78 is 4.59. The molecule has 0 spiro atoms. The van der Waals surface area contributed by atoms with Gasteiger partial charge in [-0.1, -0.05) is 0 Å². The number of guanidine groups is 1. The molecule has 15 heteroatoms. The van der Waals surface area contributed by atoms with Gasteiger partial charge in [0.25, 0.3) is 0 Å². The van der Waals surface area contributed by atoms with Crippen LogP contribution in [0.2, 0.25) is 0 Å². The van der Waals surface area contributed by atoms with Gasteiger partial charge in [-0.3, -0.25) is 24.6 Å². The molecule has 0 fully saturated rings. The van der Waals surface area contributed by atoms with Crippen LogP contribution in [-0.4, -0.2) is 110 Å². The first-order chi connectivity index (χ1) is 15.4. The molecule has 188 valence electrons. The summed E-state index contributed by atoms with van der Waals surface area (Å²) in [6.45, 7) is 0.156. The molecule has 0 aromatic carbocycles.